The Labute approximate surface area is 157 Å². The van der Waals surface area contributed by atoms with Gasteiger partial charge in [-0.3, -0.25) is 4.79 Å². The number of aromatic nitrogens is 5. The summed E-state index contributed by atoms with van der Waals surface area (Å²) >= 11 is 0. The Bertz CT molecular complexity index is 879. The van der Waals surface area contributed by atoms with Gasteiger partial charge in [0.15, 0.2) is 5.82 Å². The molecule has 27 heavy (non-hydrogen) atoms. The van der Waals surface area contributed by atoms with Gasteiger partial charge >= 0.3 is 0 Å². The largest absolute Gasteiger partial charge is 0.367 e. The average Bonchev–Trinajstić information content (AvgIpc) is 3.23. The third-order valence-corrected chi connectivity index (χ3v) is 4.14. The van der Waals surface area contributed by atoms with Crippen molar-refractivity contribution < 1.29 is 9.32 Å². The number of aryl methyl sites for hydroxylation is 3. The van der Waals surface area contributed by atoms with Crippen LogP contribution in [-0.4, -0.2) is 44.1 Å². The molecule has 0 spiro atoms. The van der Waals surface area contributed by atoms with E-state index in [1.54, 1.807) is 4.68 Å². The highest BCUT2D eigenvalue weighted by Crippen LogP contribution is 2.14. The molecule has 3 rings (SSSR count). The number of rotatable bonds is 8. The van der Waals surface area contributed by atoms with Crippen molar-refractivity contribution in [2.75, 3.05) is 18.4 Å². The predicted octanol–water partition coefficient (Wildman–Crippen LogP) is 1.74. The number of amides is 1. The van der Waals surface area contributed by atoms with Gasteiger partial charge in [-0.2, -0.15) is 5.10 Å². The molecule has 9 nitrogen and oxygen atoms in total. The number of anilines is 1. The third-order valence-electron chi connectivity index (χ3n) is 4.14. The van der Waals surface area contributed by atoms with Crippen molar-refractivity contribution in [3.05, 3.63) is 47.1 Å². The molecule has 0 saturated heterocycles. The fraction of sp³-hybridized carbons (Fsp3) is 0.389. The summed E-state index contributed by atoms with van der Waals surface area (Å²) in [5.74, 6) is 2.07. The summed E-state index contributed by atoms with van der Waals surface area (Å²) in [5.41, 5.74) is 2.77. The lowest BCUT2D eigenvalue weighted by Crippen LogP contribution is -2.29. The molecule has 3 aromatic rings. The van der Waals surface area contributed by atoms with E-state index >= 15 is 0 Å². The number of hydrogen-bond donors (Lipinski definition) is 2. The molecular weight excluding hydrogens is 346 g/mol. The van der Waals surface area contributed by atoms with Crippen LogP contribution < -0.4 is 10.6 Å². The van der Waals surface area contributed by atoms with Crippen LogP contribution in [0.3, 0.4) is 0 Å². The van der Waals surface area contributed by atoms with Crippen LogP contribution in [0.2, 0.25) is 0 Å². The van der Waals surface area contributed by atoms with Gasteiger partial charge in [0.05, 0.1) is 11.4 Å². The molecule has 3 aromatic heterocycles. The lowest BCUT2D eigenvalue weighted by molar-refractivity contribution is -0.120. The lowest BCUT2D eigenvalue weighted by Gasteiger charge is -2.07. The van der Waals surface area contributed by atoms with Crippen molar-refractivity contribution >= 4 is 11.7 Å². The second-order valence-electron chi connectivity index (χ2n) is 6.26. The molecule has 0 radical (unpaired) electrons. The van der Waals surface area contributed by atoms with Crippen LogP contribution in [0.1, 0.15) is 29.1 Å². The number of nitrogens with zero attached hydrogens (tertiary/aromatic N) is 5. The SMILES string of the molecule is Cc1ccn(-c2ccc(NCCNC(=O)CCc3c(C)noc3C)nn2)n1. The zero-order valence-corrected chi connectivity index (χ0v) is 15.7. The normalized spacial score (nSPS) is 10.8. The molecule has 0 aliphatic rings. The Balaban J connectivity index is 1.38. The molecule has 0 unspecified atom stereocenters. The zero-order chi connectivity index (χ0) is 19.2. The van der Waals surface area contributed by atoms with Crippen LogP contribution in [-0.2, 0) is 11.2 Å². The van der Waals surface area contributed by atoms with Crippen molar-refractivity contribution in [1.82, 2.24) is 30.5 Å². The minimum atomic E-state index is -0.00714. The molecule has 0 aliphatic heterocycles. The van der Waals surface area contributed by atoms with Crippen molar-refractivity contribution in [1.29, 1.82) is 0 Å². The Morgan fingerprint density at radius 1 is 1.15 bits per heavy atom. The third kappa shape index (κ3) is 4.90. The number of hydrogen-bond acceptors (Lipinski definition) is 7. The van der Waals surface area contributed by atoms with E-state index in [1.165, 1.54) is 0 Å². The monoisotopic (exact) mass is 369 g/mol. The van der Waals surface area contributed by atoms with Gasteiger partial charge < -0.3 is 15.2 Å². The van der Waals surface area contributed by atoms with Crippen LogP contribution in [0.5, 0.6) is 0 Å². The first-order valence-electron chi connectivity index (χ1n) is 8.81. The second kappa shape index (κ2) is 8.43. The molecule has 0 atom stereocenters. The van der Waals surface area contributed by atoms with Gasteiger partial charge in [-0.25, -0.2) is 4.68 Å². The Kier molecular flexibility index (Phi) is 5.80. The van der Waals surface area contributed by atoms with Crippen LogP contribution in [0.25, 0.3) is 5.82 Å². The smallest absolute Gasteiger partial charge is 0.220 e. The molecular formula is C18H23N7O2. The van der Waals surface area contributed by atoms with Crippen LogP contribution in [0.4, 0.5) is 5.82 Å². The molecule has 0 saturated carbocycles. The quantitative estimate of drug-likeness (QED) is 0.582. The molecule has 0 fully saturated rings. The summed E-state index contributed by atoms with van der Waals surface area (Å²) in [6.07, 6.45) is 2.87. The summed E-state index contributed by atoms with van der Waals surface area (Å²) in [6, 6.07) is 5.57. The van der Waals surface area contributed by atoms with E-state index in [-0.39, 0.29) is 5.91 Å². The lowest BCUT2D eigenvalue weighted by atomic mass is 10.1. The van der Waals surface area contributed by atoms with Crippen LogP contribution in [0, 0.1) is 20.8 Å². The van der Waals surface area contributed by atoms with Gasteiger partial charge in [0.2, 0.25) is 5.91 Å². The summed E-state index contributed by atoms with van der Waals surface area (Å²) < 4.78 is 6.77. The van der Waals surface area contributed by atoms with Crippen LogP contribution >= 0.6 is 0 Å². The maximum absolute atomic E-state index is 11.9. The average molecular weight is 369 g/mol. The number of nitrogens with one attached hydrogen (secondary N) is 2. The first kappa shape index (κ1) is 18.6. The van der Waals surface area contributed by atoms with Crippen LogP contribution in [0.15, 0.2) is 28.9 Å². The van der Waals surface area contributed by atoms with Gasteiger partial charge in [-0.1, -0.05) is 5.16 Å². The Morgan fingerprint density at radius 3 is 2.63 bits per heavy atom. The first-order valence-corrected chi connectivity index (χ1v) is 8.81. The van der Waals surface area contributed by atoms with E-state index in [4.69, 9.17) is 4.52 Å². The zero-order valence-electron chi connectivity index (χ0n) is 15.7. The van der Waals surface area contributed by atoms with Gasteiger partial charge in [0.25, 0.3) is 0 Å². The molecule has 0 aromatic carbocycles. The molecule has 3 heterocycles. The van der Waals surface area contributed by atoms with Crippen molar-refractivity contribution in [3.8, 4) is 5.82 Å². The van der Waals surface area contributed by atoms with Gasteiger partial charge in [0.1, 0.15) is 11.6 Å². The summed E-state index contributed by atoms with van der Waals surface area (Å²) in [5, 5.41) is 22.4. The van der Waals surface area contributed by atoms with E-state index in [2.05, 4.69) is 31.1 Å². The topological polar surface area (TPSA) is 111 Å². The fourth-order valence-corrected chi connectivity index (χ4v) is 2.66. The summed E-state index contributed by atoms with van der Waals surface area (Å²) in [6.45, 7) is 6.72. The van der Waals surface area contributed by atoms with Gasteiger partial charge in [-0.05, 0) is 45.4 Å². The van der Waals surface area contributed by atoms with Gasteiger partial charge in [0, 0.05) is 31.3 Å². The minimum absolute atomic E-state index is 0.00714. The Morgan fingerprint density at radius 2 is 2.00 bits per heavy atom. The highest BCUT2D eigenvalue weighted by molar-refractivity contribution is 5.76. The van der Waals surface area contributed by atoms with Gasteiger partial charge in [-0.15, -0.1) is 10.2 Å². The maximum atomic E-state index is 11.9. The summed E-state index contributed by atoms with van der Waals surface area (Å²) in [7, 11) is 0. The van der Waals surface area contributed by atoms with E-state index in [0.717, 1.165) is 22.7 Å². The molecule has 1 amide bonds. The fourth-order valence-electron chi connectivity index (χ4n) is 2.66. The first-order chi connectivity index (χ1) is 13.0. The van der Waals surface area contributed by atoms with Crippen molar-refractivity contribution in [2.45, 2.75) is 33.6 Å². The highest BCUT2D eigenvalue weighted by atomic mass is 16.5. The van der Waals surface area contributed by atoms with Crippen molar-refractivity contribution in [3.63, 3.8) is 0 Å². The number of carbonyl (C=O) groups is 1. The Hall–Kier alpha value is -3.23. The van der Waals surface area contributed by atoms with E-state index in [0.29, 0.717) is 37.6 Å². The molecule has 0 bridgehead atoms. The van der Waals surface area contributed by atoms with Crippen molar-refractivity contribution in [2.24, 2.45) is 0 Å². The van der Waals surface area contributed by atoms with E-state index in [9.17, 15) is 4.79 Å². The summed E-state index contributed by atoms with van der Waals surface area (Å²) in [4.78, 5) is 11.9. The standard InChI is InChI=1S/C18H23N7O2/c1-12-8-11-25(23-12)17-6-5-16(21-22-17)19-9-10-20-18(26)7-4-15-13(2)24-27-14(15)3/h5-6,8,11H,4,7,9-10H2,1-3H3,(H,19,21)(H,20,26). The predicted molar refractivity (Wildman–Crippen MR) is 99.7 cm³/mol. The van der Waals surface area contributed by atoms with E-state index < -0.39 is 0 Å². The second-order valence-corrected chi connectivity index (χ2v) is 6.26. The minimum Gasteiger partial charge on any atom is -0.367 e. The number of carbonyl (C=O) groups excluding carboxylic acids is 1. The molecule has 142 valence electrons. The molecule has 0 aliphatic carbocycles. The maximum Gasteiger partial charge on any atom is 0.220 e. The molecule has 2 N–H and O–H groups in total. The van der Waals surface area contributed by atoms with E-state index in [1.807, 2.05) is 45.2 Å². The highest BCUT2D eigenvalue weighted by Gasteiger charge is 2.10. The molecule has 9 heteroatoms.